The van der Waals surface area contributed by atoms with E-state index < -0.39 is 6.04 Å². The molecule has 1 aliphatic heterocycles. The number of carbonyl (C=O) groups is 2. The number of amides is 2. The maximum Gasteiger partial charge on any atom is 0.248 e. The van der Waals surface area contributed by atoms with Crippen LogP contribution in [0.2, 0.25) is 0 Å². The molecular formula is C13H13N3O2S. The first-order chi connectivity index (χ1) is 9.11. The van der Waals surface area contributed by atoms with Gasteiger partial charge >= 0.3 is 0 Å². The van der Waals surface area contributed by atoms with Gasteiger partial charge in [0.05, 0.1) is 17.5 Å². The van der Waals surface area contributed by atoms with E-state index in [1.54, 1.807) is 40.9 Å². The number of nitrogens with one attached hydrogen (secondary N) is 1. The lowest BCUT2D eigenvalue weighted by atomic mass is 10.2. The third-order valence-corrected chi connectivity index (χ3v) is 3.88. The van der Waals surface area contributed by atoms with E-state index in [4.69, 9.17) is 5.26 Å². The molecule has 19 heavy (non-hydrogen) atoms. The monoisotopic (exact) mass is 275 g/mol. The van der Waals surface area contributed by atoms with E-state index in [1.165, 1.54) is 6.92 Å². The smallest absolute Gasteiger partial charge is 0.248 e. The Morgan fingerprint density at radius 1 is 1.42 bits per heavy atom. The summed E-state index contributed by atoms with van der Waals surface area (Å²) in [6.45, 7) is 1.47. The maximum absolute atomic E-state index is 12.1. The Balaban J connectivity index is 2.04. The Bertz CT molecular complexity index is 536. The van der Waals surface area contributed by atoms with Crippen molar-refractivity contribution in [2.45, 2.75) is 13.0 Å². The molecule has 5 nitrogen and oxygen atoms in total. The minimum atomic E-state index is -0.418. The summed E-state index contributed by atoms with van der Waals surface area (Å²) in [5, 5.41) is 11.5. The number of nitriles is 1. The van der Waals surface area contributed by atoms with Gasteiger partial charge in [-0.05, 0) is 24.3 Å². The van der Waals surface area contributed by atoms with Crippen LogP contribution in [-0.2, 0) is 9.59 Å². The van der Waals surface area contributed by atoms with Crippen molar-refractivity contribution in [3.8, 4) is 6.07 Å². The molecule has 98 valence electrons. The molecule has 0 saturated carbocycles. The molecule has 2 amide bonds. The number of nitrogens with zero attached hydrogens (tertiary/aromatic N) is 2. The average molecular weight is 275 g/mol. The summed E-state index contributed by atoms with van der Waals surface area (Å²) in [6, 6.07) is 8.23. The molecular weight excluding hydrogens is 262 g/mol. The van der Waals surface area contributed by atoms with Crippen molar-refractivity contribution >= 4 is 29.3 Å². The minimum Gasteiger partial charge on any atom is -0.324 e. The molecule has 1 heterocycles. The number of anilines is 1. The summed E-state index contributed by atoms with van der Waals surface area (Å²) in [4.78, 5) is 25.1. The van der Waals surface area contributed by atoms with Crippen LogP contribution in [0.15, 0.2) is 24.3 Å². The summed E-state index contributed by atoms with van der Waals surface area (Å²) >= 11 is 1.56. The highest BCUT2D eigenvalue weighted by Crippen LogP contribution is 2.22. The Morgan fingerprint density at radius 2 is 2.11 bits per heavy atom. The second-order valence-electron chi connectivity index (χ2n) is 4.18. The number of hydrogen-bond donors (Lipinski definition) is 1. The van der Waals surface area contributed by atoms with Crippen LogP contribution in [0.5, 0.6) is 0 Å². The fraction of sp³-hybridized carbons (Fsp3) is 0.308. The van der Waals surface area contributed by atoms with E-state index in [9.17, 15) is 9.59 Å². The van der Waals surface area contributed by atoms with Gasteiger partial charge in [0.1, 0.15) is 6.04 Å². The van der Waals surface area contributed by atoms with Crippen molar-refractivity contribution in [2.24, 2.45) is 0 Å². The van der Waals surface area contributed by atoms with Gasteiger partial charge in [0.2, 0.25) is 11.8 Å². The van der Waals surface area contributed by atoms with Crippen LogP contribution in [0.4, 0.5) is 5.69 Å². The van der Waals surface area contributed by atoms with E-state index in [-0.39, 0.29) is 11.8 Å². The average Bonchev–Trinajstić information content (AvgIpc) is 2.89. The molecule has 0 radical (unpaired) electrons. The summed E-state index contributed by atoms with van der Waals surface area (Å²) < 4.78 is 0. The first-order valence-electron chi connectivity index (χ1n) is 5.78. The Labute approximate surface area is 115 Å². The molecule has 1 saturated heterocycles. The predicted molar refractivity (Wildman–Crippen MR) is 73.4 cm³/mol. The summed E-state index contributed by atoms with van der Waals surface area (Å²) in [7, 11) is 0. The third kappa shape index (κ3) is 3.06. The molecule has 1 fully saturated rings. The summed E-state index contributed by atoms with van der Waals surface area (Å²) in [5.41, 5.74) is 1.17. The van der Waals surface area contributed by atoms with Gasteiger partial charge in [-0.15, -0.1) is 11.8 Å². The number of benzene rings is 1. The zero-order valence-corrected chi connectivity index (χ0v) is 11.2. The molecule has 1 aliphatic rings. The first kappa shape index (κ1) is 13.4. The van der Waals surface area contributed by atoms with Crippen molar-refractivity contribution in [3.05, 3.63) is 29.8 Å². The van der Waals surface area contributed by atoms with Gasteiger partial charge in [-0.1, -0.05) is 0 Å². The molecule has 0 spiro atoms. The predicted octanol–water partition coefficient (Wildman–Crippen LogP) is 1.42. The highest BCUT2D eigenvalue weighted by atomic mass is 32.2. The molecule has 0 aliphatic carbocycles. The number of rotatable bonds is 2. The van der Waals surface area contributed by atoms with Crippen LogP contribution >= 0.6 is 11.8 Å². The number of thioether (sulfide) groups is 1. The zero-order chi connectivity index (χ0) is 13.8. The molecule has 6 heteroatoms. The molecule has 1 atom stereocenters. The SMILES string of the molecule is CC(=O)N1CSC[C@@H]1C(=O)Nc1ccc(C#N)cc1. The highest BCUT2D eigenvalue weighted by Gasteiger charge is 2.32. The maximum atomic E-state index is 12.1. The lowest BCUT2D eigenvalue weighted by molar-refractivity contribution is -0.134. The van der Waals surface area contributed by atoms with Gasteiger partial charge in [-0.2, -0.15) is 5.26 Å². The van der Waals surface area contributed by atoms with Crippen molar-refractivity contribution < 1.29 is 9.59 Å². The normalized spacial score (nSPS) is 17.9. The Hall–Kier alpha value is -2.00. The fourth-order valence-electron chi connectivity index (χ4n) is 1.82. The summed E-state index contributed by atoms with van der Waals surface area (Å²) in [6.07, 6.45) is 0. The van der Waals surface area contributed by atoms with Crippen molar-refractivity contribution in [1.82, 2.24) is 4.90 Å². The van der Waals surface area contributed by atoms with E-state index >= 15 is 0 Å². The van der Waals surface area contributed by atoms with Crippen LogP contribution in [0, 0.1) is 11.3 Å². The van der Waals surface area contributed by atoms with Crippen LogP contribution < -0.4 is 5.32 Å². The second-order valence-corrected chi connectivity index (χ2v) is 5.18. The van der Waals surface area contributed by atoms with Gasteiger partial charge in [0.15, 0.2) is 0 Å². The largest absolute Gasteiger partial charge is 0.324 e. The third-order valence-electron chi connectivity index (χ3n) is 2.87. The van der Waals surface area contributed by atoms with Crippen LogP contribution in [0.1, 0.15) is 12.5 Å². The van der Waals surface area contributed by atoms with Crippen molar-refractivity contribution in [2.75, 3.05) is 16.9 Å². The van der Waals surface area contributed by atoms with Gasteiger partial charge < -0.3 is 10.2 Å². The minimum absolute atomic E-state index is 0.0926. The van der Waals surface area contributed by atoms with E-state index in [2.05, 4.69) is 5.32 Å². The molecule has 1 aromatic rings. The molecule has 0 unspecified atom stereocenters. The lowest BCUT2D eigenvalue weighted by Gasteiger charge is -2.21. The molecule has 0 aromatic heterocycles. The van der Waals surface area contributed by atoms with Crippen molar-refractivity contribution in [1.29, 1.82) is 5.26 Å². The van der Waals surface area contributed by atoms with Crippen LogP contribution in [0.25, 0.3) is 0 Å². The number of carbonyl (C=O) groups excluding carboxylic acids is 2. The zero-order valence-electron chi connectivity index (χ0n) is 10.4. The Kier molecular flexibility index (Phi) is 4.07. The van der Waals surface area contributed by atoms with Crippen LogP contribution in [0.3, 0.4) is 0 Å². The first-order valence-corrected chi connectivity index (χ1v) is 6.93. The molecule has 0 bridgehead atoms. The van der Waals surface area contributed by atoms with Gasteiger partial charge in [-0.3, -0.25) is 9.59 Å². The second kappa shape index (κ2) is 5.76. The van der Waals surface area contributed by atoms with E-state index in [0.717, 1.165) is 0 Å². The molecule has 2 rings (SSSR count). The summed E-state index contributed by atoms with van der Waals surface area (Å²) in [5.74, 6) is 0.887. The van der Waals surface area contributed by atoms with Crippen LogP contribution in [-0.4, -0.2) is 34.4 Å². The molecule has 1 N–H and O–H groups in total. The van der Waals surface area contributed by atoms with E-state index in [0.29, 0.717) is 22.9 Å². The quantitative estimate of drug-likeness (QED) is 0.886. The molecule has 1 aromatic carbocycles. The van der Waals surface area contributed by atoms with Gasteiger partial charge in [-0.25, -0.2) is 0 Å². The van der Waals surface area contributed by atoms with Gasteiger partial charge in [0, 0.05) is 18.4 Å². The van der Waals surface area contributed by atoms with E-state index in [1.807, 2.05) is 6.07 Å². The number of hydrogen-bond acceptors (Lipinski definition) is 4. The topological polar surface area (TPSA) is 73.2 Å². The highest BCUT2D eigenvalue weighted by molar-refractivity contribution is 7.99. The lowest BCUT2D eigenvalue weighted by Crippen LogP contribution is -2.43. The fourth-order valence-corrected chi connectivity index (χ4v) is 3.04. The standard InChI is InChI=1S/C13H13N3O2S/c1-9(17)16-8-19-7-12(16)13(18)15-11-4-2-10(6-14)3-5-11/h2-5,12H,7-8H2,1H3,(H,15,18)/t12-/m1/s1. The Morgan fingerprint density at radius 3 is 2.68 bits per heavy atom. The van der Waals surface area contributed by atoms with Crippen molar-refractivity contribution in [3.63, 3.8) is 0 Å². The van der Waals surface area contributed by atoms with Gasteiger partial charge in [0.25, 0.3) is 0 Å².